The molecule has 2 aromatic rings. The summed E-state index contributed by atoms with van der Waals surface area (Å²) in [6, 6.07) is 13.4. The van der Waals surface area contributed by atoms with Crippen molar-refractivity contribution in [2.24, 2.45) is 0 Å². The molecule has 3 rings (SSSR count). The largest absolute Gasteiger partial charge is 0.452 e. The predicted octanol–water partition coefficient (Wildman–Crippen LogP) is 3.62. The van der Waals surface area contributed by atoms with Crippen LogP contribution in [0.1, 0.15) is 48.1 Å². The van der Waals surface area contributed by atoms with E-state index in [2.05, 4.69) is 5.32 Å². The fourth-order valence-corrected chi connectivity index (χ4v) is 3.53. The number of nitrogens with zero attached hydrogens (tertiary/aromatic N) is 2. The van der Waals surface area contributed by atoms with Crippen LogP contribution >= 0.6 is 0 Å². The number of amides is 1. The Morgan fingerprint density at radius 3 is 2.50 bits per heavy atom. The summed E-state index contributed by atoms with van der Waals surface area (Å²) in [5.41, 5.74) is 1.45. The molecule has 2 aromatic carbocycles. The second-order valence-electron chi connectivity index (χ2n) is 7.28. The molecule has 1 aliphatic rings. The van der Waals surface area contributed by atoms with E-state index < -0.39 is 23.4 Å². The number of carbonyl (C=O) groups is 2. The van der Waals surface area contributed by atoms with Crippen molar-refractivity contribution in [1.29, 1.82) is 0 Å². The Balaban J connectivity index is 1.68. The fraction of sp³-hybridized carbons (Fsp3) is 0.364. The number of carbonyl (C=O) groups excluding carboxylic acids is 2. The highest BCUT2D eigenvalue weighted by Crippen LogP contribution is 2.28. The van der Waals surface area contributed by atoms with Crippen molar-refractivity contribution < 1.29 is 19.2 Å². The summed E-state index contributed by atoms with van der Waals surface area (Å²) in [5, 5.41) is 13.9. The molecule has 0 spiro atoms. The van der Waals surface area contributed by atoms with Crippen molar-refractivity contribution in [3.05, 3.63) is 69.8 Å². The molecule has 8 nitrogen and oxygen atoms in total. The number of esters is 1. The molecule has 0 radical (unpaired) electrons. The lowest BCUT2D eigenvalue weighted by Crippen LogP contribution is -2.32. The lowest BCUT2D eigenvalue weighted by atomic mass is 10.1. The third-order valence-electron chi connectivity index (χ3n) is 5.12. The van der Waals surface area contributed by atoms with Crippen molar-refractivity contribution in [2.75, 3.05) is 24.6 Å². The lowest BCUT2D eigenvalue weighted by molar-refractivity contribution is -0.384. The summed E-state index contributed by atoms with van der Waals surface area (Å²) in [5.74, 6) is -1.19. The molecule has 0 aromatic heterocycles. The molecule has 1 aliphatic heterocycles. The van der Waals surface area contributed by atoms with Crippen molar-refractivity contribution in [3.8, 4) is 0 Å². The Kier molecular flexibility index (Phi) is 7.00. The number of nitro groups is 1. The van der Waals surface area contributed by atoms with Crippen LogP contribution in [0, 0.1) is 10.1 Å². The fourth-order valence-electron chi connectivity index (χ4n) is 3.53. The van der Waals surface area contributed by atoms with E-state index in [-0.39, 0.29) is 17.3 Å². The Hall–Kier alpha value is -3.42. The summed E-state index contributed by atoms with van der Waals surface area (Å²) in [6.45, 7) is 2.92. The molecular weight excluding hydrogens is 386 g/mol. The van der Waals surface area contributed by atoms with Gasteiger partial charge >= 0.3 is 5.97 Å². The van der Waals surface area contributed by atoms with E-state index >= 15 is 0 Å². The first-order chi connectivity index (χ1) is 14.5. The van der Waals surface area contributed by atoms with Gasteiger partial charge in [-0.1, -0.05) is 30.3 Å². The van der Waals surface area contributed by atoms with Gasteiger partial charge in [0.15, 0.2) is 6.61 Å². The molecule has 1 fully saturated rings. The van der Waals surface area contributed by atoms with Gasteiger partial charge in [-0.2, -0.15) is 0 Å². The smallest absolute Gasteiger partial charge is 0.341 e. The van der Waals surface area contributed by atoms with Gasteiger partial charge in [-0.15, -0.1) is 0 Å². The highest BCUT2D eigenvalue weighted by molar-refractivity contribution is 5.97. The molecular formula is C22H25N3O5. The number of hydrogen-bond acceptors (Lipinski definition) is 6. The van der Waals surface area contributed by atoms with Gasteiger partial charge < -0.3 is 15.0 Å². The molecule has 0 bridgehead atoms. The quantitative estimate of drug-likeness (QED) is 0.424. The molecule has 1 heterocycles. The van der Waals surface area contributed by atoms with Crippen LogP contribution in [0.4, 0.5) is 11.4 Å². The Bertz CT molecular complexity index is 910. The monoisotopic (exact) mass is 411 g/mol. The Morgan fingerprint density at radius 2 is 1.83 bits per heavy atom. The topological polar surface area (TPSA) is 102 Å². The van der Waals surface area contributed by atoms with Crippen LogP contribution in [0.15, 0.2) is 48.5 Å². The van der Waals surface area contributed by atoms with Gasteiger partial charge in [-0.05, 0) is 37.8 Å². The number of anilines is 1. The third-order valence-corrected chi connectivity index (χ3v) is 5.12. The molecule has 1 amide bonds. The zero-order valence-corrected chi connectivity index (χ0v) is 16.9. The predicted molar refractivity (Wildman–Crippen MR) is 112 cm³/mol. The number of hydrogen-bond donors (Lipinski definition) is 1. The van der Waals surface area contributed by atoms with E-state index in [1.807, 2.05) is 42.2 Å². The van der Waals surface area contributed by atoms with Crippen LogP contribution in [0.5, 0.6) is 0 Å². The maximum atomic E-state index is 12.7. The molecule has 1 unspecified atom stereocenters. The van der Waals surface area contributed by atoms with E-state index in [1.54, 1.807) is 6.07 Å². The number of piperidine rings is 1. The van der Waals surface area contributed by atoms with Crippen LogP contribution in [0.3, 0.4) is 0 Å². The molecule has 0 saturated carbocycles. The van der Waals surface area contributed by atoms with Crippen LogP contribution in [-0.4, -0.2) is 36.5 Å². The molecule has 30 heavy (non-hydrogen) atoms. The van der Waals surface area contributed by atoms with Crippen LogP contribution in [0.2, 0.25) is 0 Å². The third kappa shape index (κ3) is 5.34. The van der Waals surface area contributed by atoms with Gasteiger partial charge in [0.25, 0.3) is 11.6 Å². The zero-order chi connectivity index (χ0) is 21.5. The van der Waals surface area contributed by atoms with Gasteiger partial charge in [0, 0.05) is 25.2 Å². The molecule has 8 heteroatoms. The summed E-state index contributed by atoms with van der Waals surface area (Å²) >= 11 is 0. The number of non-ortho nitro benzene ring substituents is 1. The Morgan fingerprint density at radius 1 is 1.13 bits per heavy atom. The highest BCUT2D eigenvalue weighted by Gasteiger charge is 2.23. The molecule has 1 atom stereocenters. The summed E-state index contributed by atoms with van der Waals surface area (Å²) in [4.78, 5) is 37.5. The average molecular weight is 411 g/mol. The second-order valence-corrected chi connectivity index (χ2v) is 7.28. The molecule has 1 N–H and O–H groups in total. The number of ether oxygens (including phenoxy) is 1. The van der Waals surface area contributed by atoms with Gasteiger partial charge in [-0.3, -0.25) is 14.9 Å². The summed E-state index contributed by atoms with van der Waals surface area (Å²) in [7, 11) is 0. The lowest BCUT2D eigenvalue weighted by Gasteiger charge is -2.30. The maximum Gasteiger partial charge on any atom is 0.341 e. The van der Waals surface area contributed by atoms with Gasteiger partial charge in [0.05, 0.1) is 22.2 Å². The second kappa shape index (κ2) is 9.87. The standard InChI is InChI=1S/C22H25N3O5/c1-16(17-8-4-2-5-9-17)23-21(26)15-30-22(27)19-14-18(25(28)29)10-11-20(19)24-12-6-3-7-13-24/h2,4-5,8-11,14,16H,3,6-7,12-13,15H2,1H3,(H,23,26). The number of rotatable bonds is 7. The van der Waals surface area contributed by atoms with Crippen LogP contribution in [0.25, 0.3) is 0 Å². The van der Waals surface area contributed by atoms with Crippen LogP contribution in [-0.2, 0) is 9.53 Å². The van der Waals surface area contributed by atoms with Crippen molar-refractivity contribution in [1.82, 2.24) is 5.32 Å². The average Bonchev–Trinajstić information content (AvgIpc) is 2.78. The maximum absolute atomic E-state index is 12.7. The van der Waals surface area contributed by atoms with E-state index in [0.29, 0.717) is 5.69 Å². The first-order valence-corrected chi connectivity index (χ1v) is 10.0. The Labute approximate surface area is 175 Å². The summed E-state index contributed by atoms with van der Waals surface area (Å²) < 4.78 is 5.19. The first kappa shape index (κ1) is 21.3. The summed E-state index contributed by atoms with van der Waals surface area (Å²) in [6.07, 6.45) is 3.10. The minimum atomic E-state index is -0.748. The van der Waals surface area contributed by atoms with Crippen molar-refractivity contribution in [3.63, 3.8) is 0 Å². The number of nitrogens with one attached hydrogen (secondary N) is 1. The van der Waals surface area contributed by atoms with E-state index in [1.165, 1.54) is 12.1 Å². The highest BCUT2D eigenvalue weighted by atomic mass is 16.6. The number of benzene rings is 2. The molecule has 0 aliphatic carbocycles. The minimum absolute atomic E-state index is 0.106. The SMILES string of the molecule is CC(NC(=O)COC(=O)c1cc([N+](=O)[O-])ccc1N1CCCCC1)c1ccccc1. The van der Waals surface area contributed by atoms with E-state index in [9.17, 15) is 19.7 Å². The van der Waals surface area contributed by atoms with Crippen molar-refractivity contribution >= 4 is 23.3 Å². The number of nitro benzene ring substituents is 1. The minimum Gasteiger partial charge on any atom is -0.452 e. The van der Waals surface area contributed by atoms with Gasteiger partial charge in [0.1, 0.15) is 0 Å². The molecule has 158 valence electrons. The normalized spacial score (nSPS) is 14.6. The van der Waals surface area contributed by atoms with Gasteiger partial charge in [0.2, 0.25) is 0 Å². The van der Waals surface area contributed by atoms with Crippen molar-refractivity contribution in [2.45, 2.75) is 32.2 Å². The van der Waals surface area contributed by atoms with E-state index in [4.69, 9.17) is 4.74 Å². The first-order valence-electron chi connectivity index (χ1n) is 10.0. The van der Waals surface area contributed by atoms with E-state index in [0.717, 1.165) is 37.9 Å². The van der Waals surface area contributed by atoms with Gasteiger partial charge in [-0.25, -0.2) is 4.79 Å². The zero-order valence-electron chi connectivity index (χ0n) is 16.9. The van der Waals surface area contributed by atoms with Crippen LogP contribution < -0.4 is 10.2 Å². The molecule has 1 saturated heterocycles.